The number of likely N-dealkylation sites (tertiary alicyclic amines) is 1. The average Bonchev–Trinajstić information content (AvgIpc) is 3.40. The van der Waals surface area contributed by atoms with Crippen molar-refractivity contribution in [3.05, 3.63) is 29.7 Å². The van der Waals surface area contributed by atoms with Crippen molar-refractivity contribution in [2.45, 2.75) is 44.9 Å². The molecular weight excluding hydrogens is 430 g/mol. The van der Waals surface area contributed by atoms with Crippen LogP contribution in [0.4, 0.5) is 4.79 Å². The smallest absolute Gasteiger partial charge is 0.410 e. The Bertz CT molecular complexity index is 1050. The van der Waals surface area contributed by atoms with Gasteiger partial charge >= 0.3 is 17.9 Å². The summed E-state index contributed by atoms with van der Waals surface area (Å²) in [5.74, 6) is -0.339. The zero-order chi connectivity index (χ0) is 24.2. The highest BCUT2D eigenvalue weighted by atomic mass is 16.6. The fourth-order valence-corrected chi connectivity index (χ4v) is 3.53. The van der Waals surface area contributed by atoms with E-state index in [2.05, 4.69) is 15.5 Å². The molecule has 2 aromatic rings. The number of methoxy groups -OCH3 is 2. The molecule has 0 radical (unpaired) electrons. The average molecular weight is 457 g/mol. The van der Waals surface area contributed by atoms with E-state index in [4.69, 9.17) is 23.9 Å². The van der Waals surface area contributed by atoms with Crippen LogP contribution in [-0.2, 0) is 9.47 Å². The Labute approximate surface area is 191 Å². The Morgan fingerprint density at radius 1 is 1.30 bits per heavy atom. The number of benzene rings is 1. The van der Waals surface area contributed by atoms with Crippen molar-refractivity contribution in [2.24, 2.45) is 0 Å². The van der Waals surface area contributed by atoms with Crippen LogP contribution in [-0.4, -0.2) is 72.2 Å². The molecule has 0 unspecified atom stereocenters. The number of carbonyl (C=O) groups is 2. The van der Waals surface area contributed by atoms with Gasteiger partial charge in [0.25, 0.3) is 5.89 Å². The quantitative estimate of drug-likeness (QED) is 0.692. The first kappa shape index (κ1) is 24.0. The van der Waals surface area contributed by atoms with Gasteiger partial charge in [0.2, 0.25) is 0 Å². The third-order valence-corrected chi connectivity index (χ3v) is 4.91. The van der Waals surface area contributed by atoms with E-state index in [1.165, 1.54) is 7.11 Å². The van der Waals surface area contributed by atoms with Crippen molar-refractivity contribution in [3.8, 4) is 23.3 Å². The van der Waals surface area contributed by atoms with Gasteiger partial charge in [-0.3, -0.25) is 4.79 Å². The molecule has 0 spiro atoms. The van der Waals surface area contributed by atoms with Crippen LogP contribution in [0.25, 0.3) is 11.5 Å². The van der Waals surface area contributed by atoms with Crippen molar-refractivity contribution in [2.75, 3.05) is 27.4 Å². The minimum atomic E-state index is -0.639. The maximum atomic E-state index is 12.7. The molecule has 11 nitrogen and oxygen atoms in total. The molecule has 1 aliphatic heterocycles. The molecule has 2 atom stereocenters. The number of nitrogens with zero attached hydrogens (tertiary/aromatic N) is 4. The summed E-state index contributed by atoms with van der Waals surface area (Å²) in [6.07, 6.45) is 0.0172. The fourth-order valence-electron chi connectivity index (χ4n) is 3.53. The highest BCUT2D eigenvalue weighted by molar-refractivity contribution is 5.90. The maximum Gasteiger partial charge on any atom is 0.410 e. The molecule has 1 aromatic heterocycles. The van der Waals surface area contributed by atoms with Crippen LogP contribution in [0.2, 0.25) is 0 Å². The molecule has 33 heavy (non-hydrogen) atoms. The molecule has 1 saturated heterocycles. The van der Waals surface area contributed by atoms with Gasteiger partial charge in [0.05, 0.1) is 37.0 Å². The number of aromatic nitrogens is 2. The second-order valence-corrected chi connectivity index (χ2v) is 8.59. The predicted molar refractivity (Wildman–Crippen MR) is 115 cm³/mol. The van der Waals surface area contributed by atoms with E-state index in [1.54, 1.807) is 51.0 Å². The number of ether oxygens (including phenoxy) is 3. The topological polar surface area (TPSA) is 140 Å². The van der Waals surface area contributed by atoms with Crippen molar-refractivity contribution in [1.29, 1.82) is 5.26 Å². The lowest BCUT2D eigenvalue weighted by atomic mass is 10.1. The van der Waals surface area contributed by atoms with Gasteiger partial charge in [-0.05, 0) is 45.4 Å². The van der Waals surface area contributed by atoms with Crippen LogP contribution in [0.5, 0.6) is 5.75 Å². The number of nitrogens with one attached hydrogen (secondary N) is 1. The molecule has 11 heteroatoms. The molecular formula is C22H27N5O6. The summed E-state index contributed by atoms with van der Waals surface area (Å²) >= 11 is 0. The molecule has 0 aliphatic carbocycles. The Balaban J connectivity index is 1.72. The molecule has 3 rings (SSSR count). The molecule has 1 aromatic carbocycles. The number of amides is 2. The van der Waals surface area contributed by atoms with E-state index in [-0.39, 0.29) is 30.4 Å². The predicted octanol–water partition coefficient (Wildman–Crippen LogP) is 2.37. The minimum absolute atomic E-state index is 0.0492. The van der Waals surface area contributed by atoms with Gasteiger partial charge in [0, 0.05) is 19.7 Å². The van der Waals surface area contributed by atoms with Gasteiger partial charge < -0.3 is 28.8 Å². The molecule has 0 bridgehead atoms. The lowest BCUT2D eigenvalue weighted by molar-refractivity contribution is 0.0146. The maximum absolute atomic E-state index is 12.7. The fraction of sp³-hybridized carbons (Fsp3) is 0.500. The SMILES string of the molecule is COC[C@@H]1C[C@@H](NC(=O)c2nnc(-c3cc(C#N)ccc3OC)o2)CN1C(=O)OC(C)(C)C. The van der Waals surface area contributed by atoms with Gasteiger partial charge in [-0.25, -0.2) is 4.79 Å². The summed E-state index contributed by atoms with van der Waals surface area (Å²) in [6.45, 7) is 5.94. The normalized spacial score (nSPS) is 18.0. The van der Waals surface area contributed by atoms with E-state index in [0.29, 0.717) is 29.9 Å². The monoisotopic (exact) mass is 457 g/mol. The molecule has 1 aliphatic rings. The second-order valence-electron chi connectivity index (χ2n) is 8.59. The number of carbonyl (C=O) groups excluding carboxylic acids is 2. The van der Waals surface area contributed by atoms with Crippen molar-refractivity contribution >= 4 is 12.0 Å². The van der Waals surface area contributed by atoms with E-state index in [0.717, 1.165) is 0 Å². The largest absolute Gasteiger partial charge is 0.496 e. The standard InChI is InChI=1S/C22H27N5O6/c1-22(2,3)33-21(29)27-11-14(9-15(27)12-30-4)24-18(28)20-26-25-19(32-20)16-8-13(10-23)6-7-17(16)31-5/h6-8,14-15H,9,11-12H2,1-5H3,(H,24,28)/t14-,15+/m1/s1. The minimum Gasteiger partial charge on any atom is -0.496 e. The lowest BCUT2D eigenvalue weighted by Crippen LogP contribution is -2.43. The Morgan fingerprint density at radius 2 is 2.06 bits per heavy atom. The van der Waals surface area contributed by atoms with E-state index in [1.807, 2.05) is 6.07 Å². The molecule has 2 heterocycles. The Hall–Kier alpha value is -3.65. The summed E-state index contributed by atoms with van der Waals surface area (Å²) < 4.78 is 21.5. The van der Waals surface area contributed by atoms with Crippen LogP contribution in [0.3, 0.4) is 0 Å². The first-order chi connectivity index (χ1) is 15.6. The number of nitriles is 1. The van der Waals surface area contributed by atoms with Crippen molar-refractivity contribution in [3.63, 3.8) is 0 Å². The van der Waals surface area contributed by atoms with Gasteiger partial charge in [-0.1, -0.05) is 0 Å². The molecule has 2 amide bonds. The van der Waals surface area contributed by atoms with Crippen LogP contribution in [0.1, 0.15) is 43.4 Å². The Kier molecular flexibility index (Phi) is 7.18. The van der Waals surface area contributed by atoms with Gasteiger partial charge in [0.15, 0.2) is 0 Å². The van der Waals surface area contributed by atoms with Gasteiger partial charge in [-0.2, -0.15) is 5.26 Å². The van der Waals surface area contributed by atoms with Crippen molar-refractivity contribution in [1.82, 2.24) is 20.4 Å². The second kappa shape index (κ2) is 9.87. The number of hydrogen-bond donors (Lipinski definition) is 1. The lowest BCUT2D eigenvalue weighted by Gasteiger charge is -2.28. The van der Waals surface area contributed by atoms with Crippen LogP contribution < -0.4 is 10.1 Å². The van der Waals surface area contributed by atoms with Crippen LogP contribution in [0, 0.1) is 11.3 Å². The van der Waals surface area contributed by atoms with E-state index >= 15 is 0 Å². The summed E-state index contributed by atoms with van der Waals surface area (Å²) in [5.41, 5.74) is 0.146. The van der Waals surface area contributed by atoms with E-state index in [9.17, 15) is 9.59 Å². The zero-order valence-electron chi connectivity index (χ0n) is 19.2. The van der Waals surface area contributed by atoms with E-state index < -0.39 is 17.6 Å². The molecule has 176 valence electrons. The Morgan fingerprint density at radius 3 is 2.70 bits per heavy atom. The molecule has 1 fully saturated rings. The zero-order valence-corrected chi connectivity index (χ0v) is 19.2. The van der Waals surface area contributed by atoms with Gasteiger partial charge in [-0.15, -0.1) is 10.2 Å². The van der Waals surface area contributed by atoms with Crippen LogP contribution >= 0.6 is 0 Å². The first-order valence-electron chi connectivity index (χ1n) is 10.4. The highest BCUT2D eigenvalue weighted by Gasteiger charge is 2.38. The summed E-state index contributed by atoms with van der Waals surface area (Å²) in [4.78, 5) is 26.9. The first-order valence-corrected chi connectivity index (χ1v) is 10.4. The van der Waals surface area contributed by atoms with Crippen molar-refractivity contribution < 1.29 is 28.2 Å². The van der Waals surface area contributed by atoms with Crippen LogP contribution in [0.15, 0.2) is 22.6 Å². The highest BCUT2D eigenvalue weighted by Crippen LogP contribution is 2.30. The molecule has 1 N–H and O–H groups in total. The third-order valence-electron chi connectivity index (χ3n) is 4.91. The summed E-state index contributed by atoms with van der Waals surface area (Å²) in [5, 5.41) is 19.7. The number of hydrogen-bond acceptors (Lipinski definition) is 9. The number of rotatable bonds is 6. The molecule has 0 saturated carbocycles. The van der Waals surface area contributed by atoms with Gasteiger partial charge in [0.1, 0.15) is 11.4 Å². The summed E-state index contributed by atoms with van der Waals surface area (Å²) in [6, 6.07) is 6.18. The summed E-state index contributed by atoms with van der Waals surface area (Å²) in [7, 11) is 3.02. The third kappa shape index (κ3) is 5.78.